The van der Waals surface area contributed by atoms with Crippen LogP contribution in [0.25, 0.3) is 0 Å². The van der Waals surface area contributed by atoms with E-state index in [1.54, 1.807) is 6.33 Å². The second-order valence-corrected chi connectivity index (χ2v) is 5.99. The molecule has 1 fully saturated rings. The molecule has 0 unspecified atom stereocenters. The summed E-state index contributed by atoms with van der Waals surface area (Å²) in [6.07, 6.45) is 2.64. The fourth-order valence-electron chi connectivity index (χ4n) is 2.99. The lowest BCUT2D eigenvalue weighted by Gasteiger charge is -2.37. The van der Waals surface area contributed by atoms with E-state index in [-0.39, 0.29) is 0 Å². The first-order chi connectivity index (χ1) is 10.7. The maximum absolute atomic E-state index is 4.44. The zero-order valence-corrected chi connectivity index (χ0v) is 13.7. The molecule has 0 saturated carbocycles. The van der Waals surface area contributed by atoms with E-state index in [2.05, 4.69) is 64.8 Å². The minimum Gasteiger partial charge on any atom is -0.368 e. The molecule has 4 nitrogen and oxygen atoms in total. The number of aryl methyl sites for hydroxylation is 3. The number of anilines is 2. The summed E-state index contributed by atoms with van der Waals surface area (Å²) in [6, 6.07) is 8.82. The molecule has 0 spiro atoms. The fourth-order valence-corrected chi connectivity index (χ4v) is 2.99. The van der Waals surface area contributed by atoms with Crippen molar-refractivity contribution in [3.63, 3.8) is 0 Å². The Bertz CT molecular complexity index is 645. The van der Waals surface area contributed by atoms with E-state index in [4.69, 9.17) is 0 Å². The summed E-state index contributed by atoms with van der Waals surface area (Å²) < 4.78 is 0. The Labute approximate surface area is 132 Å². The van der Waals surface area contributed by atoms with Crippen LogP contribution < -0.4 is 9.80 Å². The van der Waals surface area contributed by atoms with Crippen LogP contribution in [0.5, 0.6) is 0 Å². The van der Waals surface area contributed by atoms with Crippen molar-refractivity contribution in [2.24, 2.45) is 0 Å². The van der Waals surface area contributed by atoms with Gasteiger partial charge in [-0.1, -0.05) is 19.1 Å². The first-order valence-corrected chi connectivity index (χ1v) is 8.05. The number of aromatic nitrogens is 2. The van der Waals surface area contributed by atoms with Crippen molar-refractivity contribution in [2.45, 2.75) is 27.2 Å². The number of nitrogens with zero attached hydrogens (tertiary/aromatic N) is 4. The van der Waals surface area contributed by atoms with Gasteiger partial charge in [-0.15, -0.1) is 0 Å². The van der Waals surface area contributed by atoms with Crippen molar-refractivity contribution < 1.29 is 0 Å². The largest absolute Gasteiger partial charge is 0.368 e. The molecule has 2 aromatic rings. The van der Waals surface area contributed by atoms with E-state index in [0.717, 1.165) is 44.1 Å². The van der Waals surface area contributed by atoms with E-state index in [0.29, 0.717) is 0 Å². The highest BCUT2D eigenvalue weighted by atomic mass is 15.3. The summed E-state index contributed by atoms with van der Waals surface area (Å²) in [5.41, 5.74) is 5.17. The van der Waals surface area contributed by atoms with Gasteiger partial charge < -0.3 is 9.80 Å². The Morgan fingerprint density at radius 2 is 1.68 bits per heavy atom. The van der Waals surface area contributed by atoms with E-state index in [9.17, 15) is 0 Å². The third-order valence-corrected chi connectivity index (χ3v) is 4.38. The Morgan fingerprint density at radius 3 is 2.41 bits per heavy atom. The standard InChI is InChI=1S/C18H24N4/c1-4-16-12-18(20-13-19-16)22-9-7-21(8-10-22)17-11-14(2)5-6-15(17)3/h5-6,11-13H,4,7-10H2,1-3H3. The predicted octanol–water partition coefficient (Wildman–Crippen LogP) is 2.98. The number of hydrogen-bond acceptors (Lipinski definition) is 4. The van der Waals surface area contributed by atoms with Crippen LogP contribution in [0.1, 0.15) is 23.7 Å². The zero-order chi connectivity index (χ0) is 15.5. The van der Waals surface area contributed by atoms with Crippen LogP contribution in [0.3, 0.4) is 0 Å². The van der Waals surface area contributed by atoms with Gasteiger partial charge in [-0.3, -0.25) is 0 Å². The maximum Gasteiger partial charge on any atom is 0.132 e. The Morgan fingerprint density at radius 1 is 0.955 bits per heavy atom. The molecule has 1 saturated heterocycles. The van der Waals surface area contributed by atoms with Gasteiger partial charge in [0, 0.05) is 43.6 Å². The summed E-state index contributed by atoms with van der Waals surface area (Å²) in [6.45, 7) is 10.6. The predicted molar refractivity (Wildman–Crippen MR) is 91.8 cm³/mol. The van der Waals surface area contributed by atoms with E-state index < -0.39 is 0 Å². The number of benzene rings is 1. The molecule has 22 heavy (non-hydrogen) atoms. The van der Waals surface area contributed by atoms with Gasteiger partial charge in [0.25, 0.3) is 0 Å². The Hall–Kier alpha value is -2.10. The second kappa shape index (κ2) is 6.34. The van der Waals surface area contributed by atoms with Crippen molar-refractivity contribution in [3.05, 3.63) is 47.4 Å². The van der Waals surface area contributed by atoms with Gasteiger partial charge in [-0.25, -0.2) is 9.97 Å². The van der Waals surface area contributed by atoms with Gasteiger partial charge in [-0.05, 0) is 37.5 Å². The topological polar surface area (TPSA) is 32.3 Å². The molecule has 0 amide bonds. The quantitative estimate of drug-likeness (QED) is 0.871. The number of hydrogen-bond donors (Lipinski definition) is 0. The fraction of sp³-hybridized carbons (Fsp3) is 0.444. The highest BCUT2D eigenvalue weighted by molar-refractivity contribution is 5.56. The summed E-state index contributed by atoms with van der Waals surface area (Å²) in [4.78, 5) is 13.6. The summed E-state index contributed by atoms with van der Waals surface area (Å²) in [5.74, 6) is 1.06. The van der Waals surface area contributed by atoms with Crippen LogP contribution >= 0.6 is 0 Å². The number of piperazine rings is 1. The van der Waals surface area contributed by atoms with Gasteiger partial charge in [0.2, 0.25) is 0 Å². The minimum atomic E-state index is 0.956. The summed E-state index contributed by atoms with van der Waals surface area (Å²) in [5, 5.41) is 0. The molecule has 1 aliphatic rings. The van der Waals surface area contributed by atoms with Crippen LogP contribution in [0.2, 0.25) is 0 Å². The Balaban J connectivity index is 1.71. The summed E-state index contributed by atoms with van der Waals surface area (Å²) >= 11 is 0. The first-order valence-electron chi connectivity index (χ1n) is 8.05. The normalized spacial score (nSPS) is 15.2. The molecule has 0 N–H and O–H groups in total. The van der Waals surface area contributed by atoms with Crippen molar-refractivity contribution in [2.75, 3.05) is 36.0 Å². The van der Waals surface area contributed by atoms with E-state index in [1.807, 2.05) is 0 Å². The van der Waals surface area contributed by atoms with Crippen LogP contribution in [-0.2, 0) is 6.42 Å². The van der Waals surface area contributed by atoms with Gasteiger partial charge in [0.05, 0.1) is 0 Å². The molecular formula is C18H24N4. The van der Waals surface area contributed by atoms with Crippen LogP contribution in [-0.4, -0.2) is 36.1 Å². The molecule has 4 heteroatoms. The van der Waals surface area contributed by atoms with E-state index in [1.165, 1.54) is 16.8 Å². The van der Waals surface area contributed by atoms with Gasteiger partial charge in [-0.2, -0.15) is 0 Å². The average molecular weight is 296 g/mol. The second-order valence-electron chi connectivity index (χ2n) is 5.99. The SMILES string of the molecule is CCc1cc(N2CCN(c3cc(C)ccc3C)CC2)ncn1. The van der Waals surface area contributed by atoms with E-state index >= 15 is 0 Å². The first kappa shape index (κ1) is 14.8. The van der Waals surface area contributed by atoms with Crippen molar-refractivity contribution in [1.82, 2.24) is 9.97 Å². The molecular weight excluding hydrogens is 272 g/mol. The highest BCUT2D eigenvalue weighted by Gasteiger charge is 2.19. The van der Waals surface area contributed by atoms with Crippen molar-refractivity contribution in [1.29, 1.82) is 0 Å². The third-order valence-electron chi connectivity index (χ3n) is 4.38. The molecule has 116 valence electrons. The van der Waals surface area contributed by atoms with Crippen LogP contribution in [0.4, 0.5) is 11.5 Å². The lowest BCUT2D eigenvalue weighted by Crippen LogP contribution is -2.47. The third kappa shape index (κ3) is 3.06. The average Bonchev–Trinajstić information content (AvgIpc) is 2.57. The lowest BCUT2D eigenvalue weighted by molar-refractivity contribution is 0.644. The molecule has 0 atom stereocenters. The van der Waals surface area contributed by atoms with Gasteiger partial charge >= 0.3 is 0 Å². The van der Waals surface area contributed by atoms with Crippen molar-refractivity contribution >= 4 is 11.5 Å². The zero-order valence-electron chi connectivity index (χ0n) is 13.7. The summed E-state index contributed by atoms with van der Waals surface area (Å²) in [7, 11) is 0. The molecule has 0 aliphatic carbocycles. The number of rotatable bonds is 3. The Kier molecular flexibility index (Phi) is 4.27. The molecule has 1 aliphatic heterocycles. The molecule has 1 aromatic heterocycles. The van der Waals surface area contributed by atoms with Crippen LogP contribution in [0.15, 0.2) is 30.6 Å². The van der Waals surface area contributed by atoms with Gasteiger partial charge in [0.15, 0.2) is 0 Å². The maximum atomic E-state index is 4.44. The van der Waals surface area contributed by atoms with Gasteiger partial charge in [0.1, 0.15) is 12.1 Å². The monoisotopic (exact) mass is 296 g/mol. The van der Waals surface area contributed by atoms with Crippen LogP contribution in [0, 0.1) is 13.8 Å². The molecule has 2 heterocycles. The highest BCUT2D eigenvalue weighted by Crippen LogP contribution is 2.24. The lowest BCUT2D eigenvalue weighted by atomic mass is 10.1. The molecule has 0 radical (unpaired) electrons. The molecule has 3 rings (SSSR count). The molecule has 0 bridgehead atoms. The van der Waals surface area contributed by atoms with Crippen molar-refractivity contribution in [3.8, 4) is 0 Å². The molecule has 1 aromatic carbocycles. The minimum absolute atomic E-state index is 0.956. The smallest absolute Gasteiger partial charge is 0.132 e.